The highest BCUT2D eigenvalue weighted by Gasteiger charge is 2.16. The van der Waals surface area contributed by atoms with Crippen molar-refractivity contribution < 1.29 is 0 Å². The van der Waals surface area contributed by atoms with Crippen LogP contribution in [-0.2, 0) is 0 Å². The van der Waals surface area contributed by atoms with E-state index in [1.165, 1.54) is 54.9 Å². The lowest BCUT2D eigenvalue weighted by atomic mass is 9.85. The lowest BCUT2D eigenvalue weighted by Gasteiger charge is -2.18. The average molecular weight is 513 g/mol. The van der Waals surface area contributed by atoms with Crippen LogP contribution < -0.4 is 0 Å². The molecule has 7 aromatic rings. The van der Waals surface area contributed by atoms with E-state index in [2.05, 4.69) is 133 Å². The van der Waals surface area contributed by atoms with Crippen LogP contribution in [0.5, 0.6) is 0 Å². The summed E-state index contributed by atoms with van der Waals surface area (Å²) in [7, 11) is 0. The van der Waals surface area contributed by atoms with Gasteiger partial charge in [0.05, 0.1) is 5.69 Å². The van der Waals surface area contributed by atoms with Gasteiger partial charge in [0.1, 0.15) is 0 Å². The molecule has 0 N–H and O–H groups in total. The Morgan fingerprint density at radius 3 is 1.43 bits per heavy atom. The smallest absolute Gasteiger partial charge is 0.0704 e. The first kappa shape index (κ1) is 24.0. The van der Waals surface area contributed by atoms with E-state index in [9.17, 15) is 0 Å². The molecule has 7 rings (SSSR count). The number of fused-ring (bicyclic) bond motifs is 2. The maximum atomic E-state index is 4.58. The minimum absolute atomic E-state index is 1.00. The number of rotatable bonds is 4. The van der Waals surface area contributed by atoms with Crippen LogP contribution in [0.2, 0.25) is 0 Å². The fourth-order valence-corrected chi connectivity index (χ4v) is 5.79. The summed E-state index contributed by atoms with van der Waals surface area (Å²) < 4.78 is 0. The molecule has 0 saturated heterocycles. The van der Waals surface area contributed by atoms with Gasteiger partial charge in [-0.3, -0.25) is 9.97 Å². The van der Waals surface area contributed by atoms with Gasteiger partial charge in [0.2, 0.25) is 0 Å². The van der Waals surface area contributed by atoms with Crippen molar-refractivity contribution in [3.8, 4) is 44.6 Å². The quantitative estimate of drug-likeness (QED) is 0.219. The molecule has 0 unspecified atom stereocenters. The summed E-state index contributed by atoms with van der Waals surface area (Å²) in [5.74, 6) is 0. The van der Waals surface area contributed by atoms with Crippen LogP contribution >= 0.6 is 0 Å². The minimum Gasteiger partial charge on any atom is -0.264 e. The largest absolute Gasteiger partial charge is 0.264 e. The fraction of sp³-hybridized carbons (Fsp3) is 0.0526. The van der Waals surface area contributed by atoms with Crippen LogP contribution in [0.4, 0.5) is 0 Å². The molecular formula is C38H28N2. The van der Waals surface area contributed by atoms with Crippen LogP contribution in [0.1, 0.15) is 11.1 Å². The van der Waals surface area contributed by atoms with Crippen molar-refractivity contribution in [1.29, 1.82) is 0 Å². The molecule has 0 radical (unpaired) electrons. The van der Waals surface area contributed by atoms with Crippen molar-refractivity contribution in [2.75, 3.05) is 0 Å². The topological polar surface area (TPSA) is 25.8 Å². The summed E-state index contributed by atoms with van der Waals surface area (Å²) in [6.45, 7) is 4.18. The van der Waals surface area contributed by atoms with Crippen LogP contribution in [0.25, 0.3) is 66.2 Å². The number of pyridine rings is 2. The molecule has 0 aliphatic heterocycles. The zero-order valence-electron chi connectivity index (χ0n) is 22.6. The van der Waals surface area contributed by atoms with Gasteiger partial charge in [0, 0.05) is 29.7 Å². The third kappa shape index (κ3) is 4.24. The van der Waals surface area contributed by atoms with Crippen molar-refractivity contribution in [3.63, 3.8) is 0 Å². The molecule has 0 aliphatic carbocycles. The number of nitrogens with zero attached hydrogens (tertiary/aromatic N) is 2. The summed E-state index contributed by atoms with van der Waals surface area (Å²) in [6.07, 6.45) is 5.70. The molecule has 0 bridgehead atoms. The zero-order valence-corrected chi connectivity index (χ0v) is 22.6. The van der Waals surface area contributed by atoms with Gasteiger partial charge in [-0.2, -0.15) is 0 Å². The third-order valence-electron chi connectivity index (χ3n) is 7.70. The second-order valence-corrected chi connectivity index (χ2v) is 10.5. The van der Waals surface area contributed by atoms with Gasteiger partial charge >= 0.3 is 0 Å². The molecule has 2 aromatic heterocycles. The summed E-state index contributed by atoms with van der Waals surface area (Å²) >= 11 is 0. The Morgan fingerprint density at radius 2 is 0.925 bits per heavy atom. The second kappa shape index (κ2) is 9.91. The molecule has 2 heterocycles. The van der Waals surface area contributed by atoms with Gasteiger partial charge in [0.25, 0.3) is 0 Å². The van der Waals surface area contributed by atoms with Gasteiger partial charge in [-0.1, -0.05) is 97.1 Å². The van der Waals surface area contributed by atoms with Gasteiger partial charge in [-0.05, 0) is 92.5 Å². The van der Waals surface area contributed by atoms with E-state index in [0.29, 0.717) is 0 Å². The van der Waals surface area contributed by atoms with Crippen LogP contribution in [-0.4, -0.2) is 9.97 Å². The molecular weight excluding hydrogens is 484 g/mol. The van der Waals surface area contributed by atoms with Gasteiger partial charge in [0.15, 0.2) is 0 Å². The summed E-state index contributed by atoms with van der Waals surface area (Å²) in [5, 5.41) is 5.02. The molecule has 0 amide bonds. The van der Waals surface area contributed by atoms with Gasteiger partial charge in [-0.25, -0.2) is 0 Å². The number of aromatic nitrogens is 2. The molecule has 0 spiro atoms. The number of hydrogen-bond donors (Lipinski definition) is 0. The highest BCUT2D eigenvalue weighted by Crippen LogP contribution is 2.44. The van der Waals surface area contributed by atoms with Crippen molar-refractivity contribution in [1.82, 2.24) is 9.97 Å². The number of aryl methyl sites for hydroxylation is 2. The monoisotopic (exact) mass is 512 g/mol. The van der Waals surface area contributed by atoms with E-state index >= 15 is 0 Å². The maximum Gasteiger partial charge on any atom is 0.0704 e. The van der Waals surface area contributed by atoms with E-state index in [1.54, 1.807) is 0 Å². The zero-order chi connectivity index (χ0) is 27.1. The molecule has 0 aliphatic rings. The molecule has 190 valence electrons. The number of benzene rings is 5. The maximum absolute atomic E-state index is 4.58. The van der Waals surface area contributed by atoms with E-state index in [0.717, 1.165) is 22.4 Å². The molecule has 40 heavy (non-hydrogen) atoms. The Morgan fingerprint density at radius 1 is 0.425 bits per heavy atom. The van der Waals surface area contributed by atoms with E-state index < -0.39 is 0 Å². The predicted molar refractivity (Wildman–Crippen MR) is 168 cm³/mol. The van der Waals surface area contributed by atoms with E-state index in [4.69, 9.17) is 0 Å². The predicted octanol–water partition coefficient (Wildman–Crippen LogP) is 10.1. The third-order valence-corrected chi connectivity index (χ3v) is 7.70. The van der Waals surface area contributed by atoms with E-state index in [-0.39, 0.29) is 0 Å². The second-order valence-electron chi connectivity index (χ2n) is 10.5. The average Bonchev–Trinajstić information content (AvgIpc) is 3.00. The molecule has 5 aromatic carbocycles. The van der Waals surface area contributed by atoms with Crippen LogP contribution in [0.15, 0.2) is 134 Å². The molecule has 0 saturated carbocycles. The summed E-state index contributed by atoms with van der Waals surface area (Å²) in [6, 6.07) is 41.7. The minimum atomic E-state index is 1.00. The summed E-state index contributed by atoms with van der Waals surface area (Å²) in [5.41, 5.74) is 11.8. The Balaban J connectivity index is 1.40. The van der Waals surface area contributed by atoms with Gasteiger partial charge in [-0.15, -0.1) is 0 Å². The lowest BCUT2D eigenvalue weighted by molar-refractivity contribution is 1.27. The lowest BCUT2D eigenvalue weighted by Crippen LogP contribution is -1.91. The highest BCUT2D eigenvalue weighted by atomic mass is 14.7. The van der Waals surface area contributed by atoms with E-state index in [1.807, 2.05) is 24.7 Å². The first-order valence-corrected chi connectivity index (χ1v) is 13.6. The number of hydrogen-bond acceptors (Lipinski definition) is 2. The Bertz CT molecular complexity index is 1800. The Labute approximate surface area is 234 Å². The summed E-state index contributed by atoms with van der Waals surface area (Å²) in [4.78, 5) is 8.97. The van der Waals surface area contributed by atoms with Crippen molar-refractivity contribution >= 4 is 21.5 Å². The van der Waals surface area contributed by atoms with Gasteiger partial charge < -0.3 is 0 Å². The Kier molecular flexibility index (Phi) is 5.94. The first-order valence-electron chi connectivity index (χ1n) is 13.6. The molecule has 0 fully saturated rings. The molecule has 2 heteroatoms. The van der Waals surface area contributed by atoms with Crippen LogP contribution in [0.3, 0.4) is 0 Å². The fourth-order valence-electron chi connectivity index (χ4n) is 5.79. The highest BCUT2D eigenvalue weighted by molar-refractivity contribution is 6.21. The van der Waals surface area contributed by atoms with Crippen molar-refractivity contribution in [2.24, 2.45) is 0 Å². The standard InChI is InChI=1S/C38H28N2/c1-25-19-20-40-36(22-25)28-13-17-30(18-14-28)38-34-9-5-3-7-32(34)37(33-8-4-6-10-35(33)38)29-15-11-27(12-16-29)31-21-26(2)23-39-24-31/h3-24H,1-2H3. The normalized spacial score (nSPS) is 11.2. The molecule has 2 nitrogen and oxygen atoms in total. The SMILES string of the molecule is Cc1cncc(-c2ccc(-c3c4ccccc4c(-c4ccc(-c5cc(C)ccn5)cc4)c4ccccc34)cc2)c1. The van der Waals surface area contributed by atoms with Crippen molar-refractivity contribution in [3.05, 3.63) is 145 Å². The first-order chi connectivity index (χ1) is 19.7. The van der Waals surface area contributed by atoms with Crippen molar-refractivity contribution in [2.45, 2.75) is 13.8 Å². The van der Waals surface area contributed by atoms with Crippen LogP contribution in [0, 0.1) is 13.8 Å². The molecule has 0 atom stereocenters. The Hall–Kier alpha value is -5.08.